The largest absolute Gasteiger partial charge is 0.335 e. The highest BCUT2D eigenvalue weighted by atomic mass is 35.5. The lowest BCUT2D eigenvalue weighted by Gasteiger charge is -2.12. The van der Waals surface area contributed by atoms with Gasteiger partial charge in [0.2, 0.25) is 11.1 Å². The third kappa shape index (κ3) is 4.40. The van der Waals surface area contributed by atoms with Crippen molar-refractivity contribution in [3.8, 4) is 11.4 Å². The van der Waals surface area contributed by atoms with Crippen LogP contribution in [0.5, 0.6) is 0 Å². The Balaban J connectivity index is 1.73. The first-order valence-electron chi connectivity index (χ1n) is 8.16. The molecule has 1 aromatic heterocycles. The summed E-state index contributed by atoms with van der Waals surface area (Å²) in [5.41, 5.74) is 1.45. The van der Waals surface area contributed by atoms with Crippen LogP contribution in [0.25, 0.3) is 11.4 Å². The van der Waals surface area contributed by atoms with Crippen molar-refractivity contribution < 1.29 is 9.18 Å². The molecule has 1 amide bonds. The maximum atomic E-state index is 13.6. The molecule has 0 aliphatic carbocycles. The molecule has 0 spiro atoms. The van der Waals surface area contributed by atoms with E-state index in [1.807, 2.05) is 0 Å². The van der Waals surface area contributed by atoms with E-state index >= 15 is 0 Å². The molecule has 146 valence electrons. The van der Waals surface area contributed by atoms with Gasteiger partial charge in [0.05, 0.1) is 10.3 Å². The van der Waals surface area contributed by atoms with Gasteiger partial charge in [0.25, 0.3) is 0 Å². The van der Waals surface area contributed by atoms with Gasteiger partial charge >= 0.3 is 0 Å². The van der Waals surface area contributed by atoms with Crippen molar-refractivity contribution in [2.45, 2.75) is 24.3 Å². The summed E-state index contributed by atoms with van der Waals surface area (Å²) in [6, 6.07) is 9.45. The number of thioether (sulfide) groups is 1. The molecule has 1 atom stereocenters. The van der Waals surface area contributed by atoms with E-state index in [9.17, 15) is 9.18 Å². The Morgan fingerprint density at radius 2 is 2.00 bits per heavy atom. The second-order valence-electron chi connectivity index (χ2n) is 6.01. The van der Waals surface area contributed by atoms with Crippen molar-refractivity contribution >= 4 is 46.6 Å². The van der Waals surface area contributed by atoms with E-state index in [4.69, 9.17) is 29.0 Å². The van der Waals surface area contributed by atoms with Crippen molar-refractivity contribution in [2.75, 3.05) is 11.2 Å². The van der Waals surface area contributed by atoms with Gasteiger partial charge in [-0.3, -0.25) is 4.79 Å². The van der Waals surface area contributed by atoms with Crippen LogP contribution in [0.4, 0.5) is 10.1 Å². The SMILES string of the molecule is Cc1ccc(NC(=O)C(C)Sc2nnc(-c3ccc(Cl)cc3Cl)n2N)cc1F. The lowest BCUT2D eigenvalue weighted by Crippen LogP contribution is -2.23. The molecule has 3 aromatic rings. The summed E-state index contributed by atoms with van der Waals surface area (Å²) in [7, 11) is 0. The minimum atomic E-state index is -0.551. The van der Waals surface area contributed by atoms with E-state index < -0.39 is 5.25 Å². The van der Waals surface area contributed by atoms with Gasteiger partial charge in [-0.25, -0.2) is 9.07 Å². The van der Waals surface area contributed by atoms with Crippen LogP contribution in [0.1, 0.15) is 12.5 Å². The average molecular weight is 440 g/mol. The van der Waals surface area contributed by atoms with Crippen molar-refractivity contribution in [3.05, 3.63) is 57.8 Å². The van der Waals surface area contributed by atoms with Gasteiger partial charge < -0.3 is 11.2 Å². The van der Waals surface area contributed by atoms with Crippen molar-refractivity contribution in [1.29, 1.82) is 0 Å². The standard InChI is InChI=1S/C18H16Cl2FN5OS/c1-9-3-5-12(8-15(9)21)23-17(27)10(2)28-18-25-24-16(26(18)22)13-6-4-11(19)7-14(13)20/h3-8,10H,22H2,1-2H3,(H,23,27). The van der Waals surface area contributed by atoms with Gasteiger partial charge in [-0.15, -0.1) is 10.2 Å². The van der Waals surface area contributed by atoms with E-state index in [1.54, 1.807) is 44.2 Å². The highest BCUT2D eigenvalue weighted by Crippen LogP contribution is 2.31. The molecule has 10 heteroatoms. The first-order valence-corrected chi connectivity index (χ1v) is 9.79. The number of hydrogen-bond acceptors (Lipinski definition) is 5. The summed E-state index contributed by atoms with van der Waals surface area (Å²) in [4.78, 5) is 12.4. The number of carbonyl (C=O) groups is 1. The first-order chi connectivity index (χ1) is 13.3. The van der Waals surface area contributed by atoms with Gasteiger partial charge in [0, 0.05) is 16.3 Å². The zero-order valence-electron chi connectivity index (χ0n) is 14.9. The number of halogens is 3. The Kier molecular flexibility index (Phi) is 6.12. The number of aryl methyl sites for hydroxylation is 1. The Hall–Kier alpha value is -2.29. The number of nitrogens with two attached hydrogens (primary N) is 1. The molecule has 0 aliphatic rings. The van der Waals surface area contributed by atoms with Crippen molar-refractivity contribution in [2.24, 2.45) is 0 Å². The number of rotatable bonds is 5. The molecule has 0 bridgehead atoms. The molecule has 3 N–H and O–H groups in total. The summed E-state index contributed by atoms with van der Waals surface area (Å²) >= 11 is 13.2. The van der Waals surface area contributed by atoms with Gasteiger partial charge in [-0.1, -0.05) is 41.0 Å². The van der Waals surface area contributed by atoms with Gasteiger partial charge in [-0.05, 0) is 49.7 Å². The lowest BCUT2D eigenvalue weighted by atomic mass is 10.2. The molecule has 1 heterocycles. The van der Waals surface area contributed by atoms with E-state index in [0.717, 1.165) is 11.8 Å². The molecule has 28 heavy (non-hydrogen) atoms. The molecule has 0 radical (unpaired) electrons. The van der Waals surface area contributed by atoms with E-state index in [-0.39, 0.29) is 11.7 Å². The molecule has 0 saturated heterocycles. The third-order valence-corrected chi connectivity index (χ3v) is 5.53. The Bertz CT molecular complexity index is 1040. The van der Waals surface area contributed by atoms with Crippen LogP contribution in [0.3, 0.4) is 0 Å². The van der Waals surface area contributed by atoms with Gasteiger partial charge in [0.15, 0.2) is 5.82 Å². The number of nitrogens with zero attached hydrogens (tertiary/aromatic N) is 3. The number of nitrogen functional groups attached to an aromatic ring is 1. The maximum absolute atomic E-state index is 13.6. The molecule has 6 nitrogen and oxygen atoms in total. The van der Waals surface area contributed by atoms with Crippen LogP contribution < -0.4 is 11.2 Å². The average Bonchev–Trinajstić information content (AvgIpc) is 2.98. The minimum absolute atomic E-state index is 0.317. The lowest BCUT2D eigenvalue weighted by molar-refractivity contribution is -0.115. The second kappa shape index (κ2) is 8.38. The molecule has 0 saturated carbocycles. The van der Waals surface area contributed by atoms with Crippen LogP contribution in [0.15, 0.2) is 41.6 Å². The van der Waals surface area contributed by atoms with Crippen LogP contribution in [0.2, 0.25) is 10.0 Å². The topological polar surface area (TPSA) is 85.8 Å². The highest BCUT2D eigenvalue weighted by molar-refractivity contribution is 8.00. The first kappa shape index (κ1) is 20.4. The van der Waals surface area contributed by atoms with E-state index in [1.165, 1.54) is 10.7 Å². The quantitative estimate of drug-likeness (QED) is 0.450. The fourth-order valence-electron chi connectivity index (χ4n) is 2.34. The molecule has 2 aromatic carbocycles. The molecule has 1 unspecified atom stereocenters. The second-order valence-corrected chi connectivity index (χ2v) is 8.17. The highest BCUT2D eigenvalue weighted by Gasteiger charge is 2.21. The number of amides is 1. The fourth-order valence-corrected chi connectivity index (χ4v) is 3.60. The number of carbonyl (C=O) groups excluding carboxylic acids is 1. The Morgan fingerprint density at radius 1 is 1.25 bits per heavy atom. The smallest absolute Gasteiger partial charge is 0.237 e. The third-order valence-electron chi connectivity index (χ3n) is 3.93. The molecular formula is C18H16Cl2FN5OS. The monoisotopic (exact) mass is 439 g/mol. The maximum Gasteiger partial charge on any atom is 0.237 e. The van der Waals surface area contributed by atoms with Crippen molar-refractivity contribution in [1.82, 2.24) is 14.9 Å². The minimum Gasteiger partial charge on any atom is -0.335 e. The predicted molar refractivity (Wildman–Crippen MR) is 111 cm³/mol. The molecule has 3 rings (SSSR count). The van der Waals surface area contributed by atoms with Crippen LogP contribution in [-0.2, 0) is 4.79 Å². The summed E-state index contributed by atoms with van der Waals surface area (Å²) in [6.07, 6.45) is 0. The summed E-state index contributed by atoms with van der Waals surface area (Å²) in [6.45, 7) is 3.34. The number of anilines is 1. The van der Waals surface area contributed by atoms with Crippen LogP contribution in [-0.4, -0.2) is 26.0 Å². The normalized spacial score (nSPS) is 12.0. The summed E-state index contributed by atoms with van der Waals surface area (Å²) in [5, 5.41) is 11.4. The zero-order chi connectivity index (χ0) is 20.4. The van der Waals surface area contributed by atoms with Gasteiger partial charge in [-0.2, -0.15) is 0 Å². The molecular weight excluding hydrogens is 424 g/mol. The number of aromatic nitrogens is 3. The Morgan fingerprint density at radius 3 is 2.68 bits per heavy atom. The molecule has 0 fully saturated rings. The van der Waals surface area contributed by atoms with Gasteiger partial charge in [0.1, 0.15) is 5.82 Å². The van der Waals surface area contributed by atoms with Crippen LogP contribution in [0, 0.1) is 12.7 Å². The Labute approximate surface area is 175 Å². The summed E-state index contributed by atoms with van der Waals surface area (Å²) < 4.78 is 14.9. The van der Waals surface area contributed by atoms with Crippen LogP contribution >= 0.6 is 35.0 Å². The van der Waals surface area contributed by atoms with Crippen molar-refractivity contribution in [3.63, 3.8) is 0 Å². The number of hydrogen-bond donors (Lipinski definition) is 2. The predicted octanol–water partition coefficient (Wildman–Crippen LogP) is 4.53. The van der Waals surface area contributed by atoms with E-state index in [0.29, 0.717) is 37.8 Å². The fraction of sp³-hybridized carbons (Fsp3) is 0.167. The molecule has 0 aliphatic heterocycles. The summed E-state index contributed by atoms with van der Waals surface area (Å²) in [5.74, 6) is 5.72. The zero-order valence-corrected chi connectivity index (χ0v) is 17.2. The van der Waals surface area contributed by atoms with E-state index in [2.05, 4.69) is 15.5 Å². The number of nitrogens with one attached hydrogen (secondary N) is 1. The number of benzene rings is 2.